The first-order valence-electron chi connectivity index (χ1n) is 12.0. The van der Waals surface area contributed by atoms with Crippen molar-refractivity contribution in [3.8, 4) is 0 Å². The van der Waals surface area contributed by atoms with Crippen LogP contribution in [0.3, 0.4) is 0 Å². The van der Waals surface area contributed by atoms with Gasteiger partial charge in [-0.1, -0.05) is 112 Å². The highest BCUT2D eigenvalue weighted by Gasteiger charge is 2.51. The fourth-order valence-electron chi connectivity index (χ4n) is 4.90. The molecule has 4 rings (SSSR count). The lowest BCUT2D eigenvalue weighted by Crippen LogP contribution is -2.67. The zero-order valence-corrected chi connectivity index (χ0v) is 21.6. The molecule has 34 heavy (non-hydrogen) atoms. The van der Waals surface area contributed by atoms with Crippen LogP contribution in [0.2, 0.25) is 5.04 Å². The summed E-state index contributed by atoms with van der Waals surface area (Å²) in [5.74, 6) is 0. The molecule has 180 valence electrons. The van der Waals surface area contributed by atoms with Crippen LogP contribution < -0.4 is 10.4 Å². The number of hydrogen-bond donors (Lipinski definition) is 0. The summed E-state index contributed by atoms with van der Waals surface area (Å²) in [6, 6.07) is 31.6. The van der Waals surface area contributed by atoms with Crippen molar-refractivity contribution in [2.24, 2.45) is 0 Å². The Morgan fingerprint density at radius 2 is 1.35 bits per heavy atom. The molecule has 1 aliphatic heterocycles. The Hall–Kier alpha value is -2.28. The fourth-order valence-corrected chi connectivity index (χ4v) is 9.47. The van der Waals surface area contributed by atoms with Crippen LogP contribution in [0, 0.1) is 0 Å². The summed E-state index contributed by atoms with van der Waals surface area (Å²) in [4.78, 5) is 0. The van der Waals surface area contributed by atoms with Crippen LogP contribution in [0.1, 0.15) is 32.8 Å². The second kappa shape index (κ2) is 11.0. The minimum absolute atomic E-state index is 0.0879. The topological polar surface area (TPSA) is 36.9 Å². The van der Waals surface area contributed by atoms with Gasteiger partial charge in [0.05, 0.1) is 19.3 Å². The standard InChI is InChI=1S/C29H36O4Si/c1-29(2,3)34(24-16-10-6-11-17-24,25-18-12-7-13-19-25)32-22-27-26(20-28(30-4)33-27)31-21-23-14-8-5-9-15-23/h5-19,26-28H,20-22H2,1-4H3/t26-,27-,28-/m1/s1. The third-order valence-corrected chi connectivity index (χ3v) is 11.6. The summed E-state index contributed by atoms with van der Waals surface area (Å²) in [5, 5.41) is 2.43. The molecule has 0 unspecified atom stereocenters. The summed E-state index contributed by atoms with van der Waals surface area (Å²) < 4.78 is 25.2. The molecule has 1 aliphatic rings. The molecule has 0 aliphatic carbocycles. The molecule has 1 saturated heterocycles. The lowest BCUT2D eigenvalue weighted by atomic mass is 10.2. The highest BCUT2D eigenvalue weighted by molar-refractivity contribution is 6.99. The Labute approximate surface area is 205 Å². The van der Waals surface area contributed by atoms with E-state index in [1.807, 2.05) is 18.2 Å². The fraction of sp³-hybridized carbons (Fsp3) is 0.379. The van der Waals surface area contributed by atoms with Crippen LogP contribution in [0.5, 0.6) is 0 Å². The lowest BCUT2D eigenvalue weighted by Gasteiger charge is -2.43. The molecule has 1 heterocycles. The van der Waals surface area contributed by atoms with E-state index >= 15 is 0 Å². The minimum atomic E-state index is -2.64. The summed E-state index contributed by atoms with van der Waals surface area (Å²) >= 11 is 0. The molecular formula is C29H36O4Si. The number of hydrogen-bond acceptors (Lipinski definition) is 4. The predicted octanol–water partition coefficient (Wildman–Crippen LogP) is 4.91. The van der Waals surface area contributed by atoms with Gasteiger partial charge < -0.3 is 18.6 Å². The van der Waals surface area contributed by atoms with Crippen LogP contribution in [0.15, 0.2) is 91.0 Å². The third-order valence-electron chi connectivity index (χ3n) is 6.62. The van der Waals surface area contributed by atoms with E-state index in [4.69, 9.17) is 18.6 Å². The number of methoxy groups -OCH3 is 1. The minimum Gasteiger partial charge on any atom is -0.405 e. The van der Waals surface area contributed by atoms with Crippen LogP contribution in [-0.2, 0) is 25.2 Å². The van der Waals surface area contributed by atoms with E-state index in [2.05, 4.69) is 93.6 Å². The maximum atomic E-state index is 7.10. The predicted molar refractivity (Wildman–Crippen MR) is 139 cm³/mol. The Bertz CT molecular complexity index is 965. The van der Waals surface area contributed by atoms with Crippen molar-refractivity contribution in [2.75, 3.05) is 13.7 Å². The molecule has 0 aromatic heterocycles. The molecule has 5 heteroatoms. The van der Waals surface area contributed by atoms with Crippen molar-refractivity contribution >= 4 is 18.7 Å². The van der Waals surface area contributed by atoms with E-state index in [1.54, 1.807) is 7.11 Å². The van der Waals surface area contributed by atoms with E-state index in [0.717, 1.165) is 5.56 Å². The first-order chi connectivity index (χ1) is 16.4. The SMILES string of the molecule is CO[C@H]1C[C@@H](OCc2ccccc2)[C@@H](CO[Si](c2ccccc2)(c2ccccc2)C(C)(C)C)O1. The zero-order chi connectivity index (χ0) is 24.0. The molecule has 3 aromatic carbocycles. The van der Waals surface area contributed by atoms with Gasteiger partial charge >= 0.3 is 0 Å². The van der Waals surface area contributed by atoms with Crippen LogP contribution in [0.25, 0.3) is 0 Å². The second-order valence-electron chi connectivity index (χ2n) is 9.88. The quantitative estimate of drug-likeness (QED) is 0.411. The average molecular weight is 477 g/mol. The van der Waals surface area contributed by atoms with Crippen molar-refractivity contribution in [1.29, 1.82) is 0 Å². The monoisotopic (exact) mass is 476 g/mol. The maximum absolute atomic E-state index is 7.10. The van der Waals surface area contributed by atoms with Crippen LogP contribution in [0.4, 0.5) is 0 Å². The molecule has 3 atom stereocenters. The number of ether oxygens (including phenoxy) is 3. The van der Waals surface area contributed by atoms with Crippen molar-refractivity contribution in [3.63, 3.8) is 0 Å². The number of benzene rings is 3. The smallest absolute Gasteiger partial charge is 0.261 e. The lowest BCUT2D eigenvalue weighted by molar-refractivity contribution is -0.128. The van der Waals surface area contributed by atoms with Crippen molar-refractivity contribution < 1.29 is 18.6 Å². The number of rotatable bonds is 9. The average Bonchev–Trinajstić information content (AvgIpc) is 3.26. The Morgan fingerprint density at radius 3 is 1.85 bits per heavy atom. The van der Waals surface area contributed by atoms with Gasteiger partial charge in [0.15, 0.2) is 6.29 Å². The van der Waals surface area contributed by atoms with Crippen molar-refractivity contribution in [3.05, 3.63) is 96.6 Å². The summed E-state index contributed by atoms with van der Waals surface area (Å²) in [7, 11) is -0.957. The molecule has 0 saturated carbocycles. The zero-order valence-electron chi connectivity index (χ0n) is 20.6. The largest absolute Gasteiger partial charge is 0.405 e. The van der Waals surface area contributed by atoms with Gasteiger partial charge in [-0.05, 0) is 21.0 Å². The van der Waals surface area contributed by atoms with Gasteiger partial charge in [0, 0.05) is 13.5 Å². The third kappa shape index (κ3) is 5.34. The molecule has 0 spiro atoms. The van der Waals surface area contributed by atoms with E-state index in [9.17, 15) is 0 Å². The van der Waals surface area contributed by atoms with Crippen molar-refractivity contribution in [1.82, 2.24) is 0 Å². The second-order valence-corrected chi connectivity index (χ2v) is 14.2. The Kier molecular flexibility index (Phi) is 8.01. The van der Waals surface area contributed by atoms with E-state index in [1.165, 1.54) is 10.4 Å². The molecule has 0 bridgehead atoms. The van der Waals surface area contributed by atoms with Gasteiger partial charge in [0.1, 0.15) is 6.10 Å². The first-order valence-corrected chi connectivity index (χ1v) is 13.9. The maximum Gasteiger partial charge on any atom is 0.261 e. The molecule has 4 nitrogen and oxygen atoms in total. The highest BCUT2D eigenvalue weighted by Crippen LogP contribution is 2.37. The Morgan fingerprint density at radius 1 is 0.824 bits per heavy atom. The van der Waals surface area contributed by atoms with Gasteiger partial charge in [0.25, 0.3) is 8.32 Å². The van der Waals surface area contributed by atoms with Gasteiger partial charge in [0.2, 0.25) is 0 Å². The molecule has 0 radical (unpaired) electrons. The van der Waals surface area contributed by atoms with Gasteiger partial charge in [-0.3, -0.25) is 0 Å². The van der Waals surface area contributed by atoms with E-state index in [-0.39, 0.29) is 23.5 Å². The van der Waals surface area contributed by atoms with Gasteiger partial charge in [-0.2, -0.15) is 0 Å². The van der Waals surface area contributed by atoms with Gasteiger partial charge in [-0.25, -0.2) is 0 Å². The van der Waals surface area contributed by atoms with E-state index in [0.29, 0.717) is 19.6 Å². The summed E-state index contributed by atoms with van der Waals surface area (Å²) in [6.45, 7) is 7.86. The van der Waals surface area contributed by atoms with E-state index < -0.39 is 8.32 Å². The van der Waals surface area contributed by atoms with Crippen molar-refractivity contribution in [2.45, 2.75) is 57.3 Å². The highest BCUT2D eigenvalue weighted by atomic mass is 28.4. The molecule has 1 fully saturated rings. The molecule has 0 N–H and O–H groups in total. The molecule has 3 aromatic rings. The summed E-state index contributed by atoms with van der Waals surface area (Å²) in [5.41, 5.74) is 1.15. The van der Waals surface area contributed by atoms with Gasteiger partial charge in [-0.15, -0.1) is 0 Å². The van der Waals surface area contributed by atoms with Crippen LogP contribution >= 0.6 is 0 Å². The molecule has 0 amide bonds. The van der Waals surface area contributed by atoms with Crippen LogP contribution in [-0.4, -0.2) is 40.5 Å². The Balaban J connectivity index is 1.61. The molecular weight excluding hydrogens is 440 g/mol. The first kappa shape index (κ1) is 24.8. The normalized spacial score (nSPS) is 21.0. The summed E-state index contributed by atoms with van der Waals surface area (Å²) in [6.07, 6.45) is 0.116.